The topological polar surface area (TPSA) is 104 Å². The number of fused-ring (bicyclic) bond motifs is 1. The molecule has 2 saturated heterocycles. The van der Waals surface area contributed by atoms with Gasteiger partial charge in [0, 0.05) is 11.9 Å². The van der Waals surface area contributed by atoms with E-state index in [0.717, 1.165) is 16.3 Å². The smallest absolute Gasteiger partial charge is 0.223 e. The molecule has 3 aromatic rings. The van der Waals surface area contributed by atoms with Crippen LogP contribution >= 0.6 is 23.6 Å². The number of thiocarbonyl (C=S) groups is 1. The Morgan fingerprint density at radius 3 is 2.78 bits per heavy atom. The summed E-state index contributed by atoms with van der Waals surface area (Å²) in [6.45, 7) is 0.966. The van der Waals surface area contributed by atoms with Crippen LogP contribution in [0.15, 0.2) is 54.0 Å². The highest BCUT2D eigenvalue weighted by Gasteiger charge is 2.48. The van der Waals surface area contributed by atoms with Gasteiger partial charge in [0.1, 0.15) is 12.2 Å². The Hall–Kier alpha value is -3.10. The second kappa shape index (κ2) is 9.18. The highest BCUT2D eigenvalue weighted by Crippen LogP contribution is 2.29. The molecule has 1 aromatic carbocycles. The van der Waals surface area contributed by atoms with E-state index in [9.17, 15) is 0 Å². The zero-order valence-corrected chi connectivity index (χ0v) is 18.5. The highest BCUT2D eigenvalue weighted by molar-refractivity contribution is 7.80. The lowest BCUT2D eigenvalue weighted by molar-refractivity contribution is 0.0689. The molecular formula is C22H20N6O2S2. The largest absolute Gasteiger partial charge is 0.371 e. The number of nitrogens with one attached hydrogen (secondary N) is 3. The fourth-order valence-corrected chi connectivity index (χ4v) is 4.87. The molecule has 0 spiro atoms. The summed E-state index contributed by atoms with van der Waals surface area (Å²) in [6.07, 6.45) is 1.48. The van der Waals surface area contributed by atoms with Gasteiger partial charge in [-0.2, -0.15) is 5.26 Å². The maximum absolute atomic E-state index is 9.05. The van der Waals surface area contributed by atoms with Gasteiger partial charge in [0.2, 0.25) is 5.95 Å². The Labute approximate surface area is 194 Å². The molecule has 2 aliphatic rings. The van der Waals surface area contributed by atoms with Crippen LogP contribution in [0.2, 0.25) is 0 Å². The molecule has 0 aliphatic carbocycles. The number of aromatic nitrogens is 2. The van der Waals surface area contributed by atoms with Gasteiger partial charge in [-0.25, -0.2) is 9.97 Å². The third-order valence-corrected chi connectivity index (χ3v) is 6.48. The van der Waals surface area contributed by atoms with E-state index < -0.39 is 0 Å². The zero-order chi connectivity index (χ0) is 21.9. The standard InChI is InChI=1S/C22H20N6O2S2/c23-10-13-3-1-4-14(9-13)25-22(31)28-17-12-30-19-16(11-29-20(17)19)27-21-24-7-6-15(26-21)18-5-2-8-32-18/h1-9,16-17,19-20H,11-12H2,(H,24,26,27)(H2,25,28,31)/t16-,17-,19+,20+/m0/s1. The van der Waals surface area contributed by atoms with Gasteiger partial charge in [-0.05, 0) is 47.9 Å². The first-order valence-corrected chi connectivity index (χ1v) is 11.4. The number of ether oxygens (including phenoxy) is 2. The van der Waals surface area contributed by atoms with Crippen molar-refractivity contribution in [1.29, 1.82) is 5.26 Å². The van der Waals surface area contributed by atoms with Gasteiger partial charge in [-0.15, -0.1) is 11.3 Å². The van der Waals surface area contributed by atoms with Gasteiger partial charge >= 0.3 is 0 Å². The van der Waals surface area contributed by atoms with Crippen LogP contribution in [0, 0.1) is 11.3 Å². The van der Waals surface area contributed by atoms with Crippen molar-refractivity contribution in [1.82, 2.24) is 15.3 Å². The van der Waals surface area contributed by atoms with Crippen molar-refractivity contribution in [2.75, 3.05) is 23.8 Å². The number of thiophene rings is 1. The van der Waals surface area contributed by atoms with Crippen molar-refractivity contribution < 1.29 is 9.47 Å². The number of hydrogen-bond donors (Lipinski definition) is 3. The summed E-state index contributed by atoms with van der Waals surface area (Å²) in [5.74, 6) is 0.555. The van der Waals surface area contributed by atoms with E-state index in [1.165, 1.54) is 0 Å². The van der Waals surface area contributed by atoms with Gasteiger partial charge in [-0.1, -0.05) is 12.1 Å². The minimum atomic E-state index is -0.141. The van der Waals surface area contributed by atoms with E-state index in [-0.39, 0.29) is 24.3 Å². The van der Waals surface area contributed by atoms with Crippen LogP contribution in [0.25, 0.3) is 10.6 Å². The highest BCUT2D eigenvalue weighted by atomic mass is 32.1. The van der Waals surface area contributed by atoms with Gasteiger partial charge in [-0.3, -0.25) is 0 Å². The monoisotopic (exact) mass is 464 g/mol. The van der Waals surface area contributed by atoms with Gasteiger partial charge in [0.05, 0.1) is 47.5 Å². The van der Waals surface area contributed by atoms with E-state index in [4.69, 9.17) is 27.0 Å². The first-order valence-electron chi connectivity index (χ1n) is 10.1. The van der Waals surface area contributed by atoms with Crippen molar-refractivity contribution in [3.8, 4) is 16.6 Å². The summed E-state index contributed by atoms with van der Waals surface area (Å²) >= 11 is 7.09. The molecule has 0 radical (unpaired) electrons. The van der Waals surface area contributed by atoms with Crippen molar-refractivity contribution in [2.45, 2.75) is 24.3 Å². The summed E-state index contributed by atoms with van der Waals surface area (Å²) < 4.78 is 12.1. The van der Waals surface area contributed by atoms with Crippen LogP contribution in [0.1, 0.15) is 5.56 Å². The lowest BCUT2D eigenvalue weighted by Crippen LogP contribution is -2.46. The van der Waals surface area contributed by atoms with Crippen molar-refractivity contribution in [3.05, 3.63) is 59.6 Å². The second-order valence-electron chi connectivity index (χ2n) is 7.49. The number of nitriles is 1. The number of nitrogens with zero attached hydrogens (tertiary/aromatic N) is 3. The van der Waals surface area contributed by atoms with Crippen LogP contribution < -0.4 is 16.0 Å². The summed E-state index contributed by atoms with van der Waals surface area (Å²) in [5.41, 5.74) is 2.21. The molecule has 2 aliphatic heterocycles. The third kappa shape index (κ3) is 4.42. The molecule has 8 nitrogen and oxygen atoms in total. The van der Waals surface area contributed by atoms with E-state index >= 15 is 0 Å². The van der Waals surface area contributed by atoms with Crippen LogP contribution in [0.3, 0.4) is 0 Å². The normalized spacial score (nSPS) is 23.8. The Balaban J connectivity index is 1.19. The van der Waals surface area contributed by atoms with Gasteiger partial charge in [0.15, 0.2) is 5.11 Å². The number of rotatable bonds is 5. The molecule has 4 atom stereocenters. The summed E-state index contributed by atoms with van der Waals surface area (Å²) in [5, 5.41) is 21.3. The maximum atomic E-state index is 9.05. The molecule has 4 heterocycles. The molecule has 0 unspecified atom stereocenters. The average Bonchev–Trinajstić information content (AvgIpc) is 3.55. The first-order chi connectivity index (χ1) is 15.7. The zero-order valence-electron chi connectivity index (χ0n) is 16.9. The Morgan fingerprint density at radius 2 is 1.97 bits per heavy atom. The van der Waals surface area contributed by atoms with Crippen LogP contribution in [-0.4, -0.2) is 52.6 Å². The molecule has 32 heavy (non-hydrogen) atoms. The maximum Gasteiger partial charge on any atom is 0.223 e. The molecule has 0 saturated carbocycles. The molecule has 5 rings (SSSR count). The van der Waals surface area contributed by atoms with Crippen LogP contribution in [0.4, 0.5) is 11.6 Å². The quantitative estimate of drug-likeness (QED) is 0.492. The summed E-state index contributed by atoms with van der Waals surface area (Å²) in [7, 11) is 0. The predicted molar refractivity (Wildman–Crippen MR) is 127 cm³/mol. The minimum absolute atomic E-state index is 0.0563. The lowest BCUT2D eigenvalue weighted by atomic mass is 10.1. The van der Waals surface area contributed by atoms with Crippen LogP contribution in [-0.2, 0) is 9.47 Å². The van der Waals surface area contributed by atoms with E-state index in [1.54, 1.807) is 29.7 Å². The molecule has 2 fully saturated rings. The average molecular weight is 465 g/mol. The third-order valence-electron chi connectivity index (χ3n) is 5.36. The van der Waals surface area contributed by atoms with Gasteiger partial charge < -0.3 is 25.4 Å². The van der Waals surface area contributed by atoms with Crippen molar-refractivity contribution in [2.24, 2.45) is 0 Å². The Bertz CT molecular complexity index is 1150. The molecule has 0 amide bonds. The Kier molecular flexibility index (Phi) is 5.96. The fraction of sp³-hybridized carbons (Fsp3) is 0.273. The molecule has 3 N–H and O–H groups in total. The fourth-order valence-electron chi connectivity index (χ4n) is 3.90. The molecule has 2 aromatic heterocycles. The van der Waals surface area contributed by atoms with Crippen LogP contribution in [0.5, 0.6) is 0 Å². The SMILES string of the molecule is N#Cc1cccc(NC(=S)N[C@H]2CO[C@H]3[C@@H]2OC[C@@H]3Nc2nccc(-c3cccs3)n2)c1. The molecule has 0 bridgehead atoms. The predicted octanol–water partition coefficient (Wildman–Crippen LogP) is 3.01. The molecular weight excluding hydrogens is 444 g/mol. The molecule has 10 heteroatoms. The number of anilines is 2. The van der Waals surface area contributed by atoms with E-state index in [1.807, 2.05) is 35.7 Å². The Morgan fingerprint density at radius 1 is 1.12 bits per heavy atom. The van der Waals surface area contributed by atoms with E-state index in [0.29, 0.717) is 29.8 Å². The summed E-state index contributed by atoms with van der Waals surface area (Å²) in [6, 6.07) is 15.1. The second-order valence-corrected chi connectivity index (χ2v) is 8.84. The van der Waals surface area contributed by atoms with Crippen molar-refractivity contribution in [3.63, 3.8) is 0 Å². The number of hydrogen-bond acceptors (Lipinski definition) is 8. The van der Waals surface area contributed by atoms with Crippen molar-refractivity contribution >= 4 is 40.3 Å². The van der Waals surface area contributed by atoms with Gasteiger partial charge in [0.25, 0.3) is 0 Å². The number of benzene rings is 1. The molecule has 162 valence electrons. The lowest BCUT2D eigenvalue weighted by Gasteiger charge is -2.20. The summed E-state index contributed by atoms with van der Waals surface area (Å²) in [4.78, 5) is 10.1. The van der Waals surface area contributed by atoms with E-state index in [2.05, 4.69) is 32.0 Å². The minimum Gasteiger partial charge on any atom is -0.371 e. The first kappa shape index (κ1) is 20.8.